The van der Waals surface area contributed by atoms with Gasteiger partial charge < -0.3 is 13.8 Å². The van der Waals surface area contributed by atoms with Crippen LogP contribution in [0.15, 0.2) is 24.3 Å². The molecular weight excluding hydrogens is 379 g/mol. The minimum atomic E-state index is 0. The average Bonchev–Trinajstić information content (AvgIpc) is 2.53. The van der Waals surface area contributed by atoms with E-state index in [1.54, 1.807) is 6.92 Å². The van der Waals surface area contributed by atoms with E-state index in [2.05, 4.69) is 40.3 Å². The maximum absolute atomic E-state index is 3.99. The van der Waals surface area contributed by atoms with Crippen LogP contribution in [0.5, 0.6) is 0 Å². The van der Waals surface area contributed by atoms with Crippen molar-refractivity contribution in [3.63, 3.8) is 0 Å². The van der Waals surface area contributed by atoms with Gasteiger partial charge in [0.1, 0.15) is 0 Å². The van der Waals surface area contributed by atoms with E-state index in [0.29, 0.717) is 0 Å². The van der Waals surface area contributed by atoms with E-state index < -0.39 is 0 Å². The van der Waals surface area contributed by atoms with Gasteiger partial charge >= 0.3 is 0 Å². The molecule has 1 unspecified atom stereocenters. The Morgan fingerprint density at radius 2 is 1.55 bits per heavy atom. The molecule has 0 saturated heterocycles. The zero-order chi connectivity index (χ0) is 16.1. The Morgan fingerprint density at radius 3 is 1.80 bits per heavy atom. The fraction of sp³-hybridized carbons (Fsp3) is 0.684. The summed E-state index contributed by atoms with van der Waals surface area (Å²) in [5, 5.41) is 0. The van der Waals surface area contributed by atoms with Crippen LogP contribution in [-0.4, -0.2) is 0 Å². The van der Waals surface area contributed by atoms with Crippen LogP contribution in [0.1, 0.15) is 80.6 Å². The van der Waals surface area contributed by atoms with Gasteiger partial charge in [-0.3, -0.25) is 0 Å². The molecule has 0 saturated carbocycles. The van der Waals surface area contributed by atoms with Crippen molar-refractivity contribution in [2.24, 2.45) is 5.92 Å². The van der Waals surface area contributed by atoms with Gasteiger partial charge in [-0.15, -0.1) is 0 Å². The van der Waals surface area contributed by atoms with E-state index in [1.165, 1.54) is 31.3 Å². The smallest absolute Gasteiger partial charge is 0 e. The number of allylic oxidation sites excluding steroid dienone is 3. The van der Waals surface area contributed by atoms with E-state index in [4.69, 9.17) is 0 Å². The quantitative estimate of drug-likeness (QED) is 0.298. The number of hydrogen-bond donors (Lipinski definition) is 0. The first-order valence-corrected chi connectivity index (χ1v) is 8.06. The third-order valence-corrected chi connectivity index (χ3v) is 2.58. The van der Waals surface area contributed by atoms with Gasteiger partial charge in [-0.05, 0) is 19.8 Å². The van der Waals surface area contributed by atoms with Crippen molar-refractivity contribution in [2.45, 2.75) is 80.6 Å². The Balaban J connectivity index is -0.0000000940. The Bertz CT molecular complexity index is 159. The molecule has 0 radical (unpaired) electrons. The molecule has 0 spiro atoms. The second-order valence-corrected chi connectivity index (χ2v) is 3.55. The molecule has 1 atom stereocenters. The Morgan fingerprint density at radius 1 is 1.10 bits per heavy atom. The molecule has 124 valence electrons. The molecular formula is C19H40Sm-2. The molecule has 0 heterocycles. The molecule has 0 aliphatic carbocycles. The van der Waals surface area contributed by atoms with E-state index >= 15 is 0 Å². The van der Waals surface area contributed by atoms with Crippen molar-refractivity contribution in [3.05, 3.63) is 38.2 Å². The molecule has 0 bridgehead atoms. The Labute approximate surface area is 164 Å². The van der Waals surface area contributed by atoms with E-state index in [-0.39, 0.29) is 40.4 Å². The molecule has 0 aliphatic rings. The molecule has 0 amide bonds. The van der Waals surface area contributed by atoms with Crippen molar-refractivity contribution in [2.75, 3.05) is 0 Å². The third kappa shape index (κ3) is 27.2. The van der Waals surface area contributed by atoms with Crippen molar-refractivity contribution < 1.29 is 40.4 Å². The molecule has 0 fully saturated rings. The summed E-state index contributed by atoms with van der Waals surface area (Å²) < 4.78 is 0. The summed E-state index contributed by atoms with van der Waals surface area (Å²) in [6.07, 6.45) is 10.2. The molecule has 0 rings (SSSR count). The van der Waals surface area contributed by atoms with Crippen molar-refractivity contribution in [1.29, 1.82) is 0 Å². The van der Waals surface area contributed by atoms with Crippen LogP contribution < -0.4 is 0 Å². The van der Waals surface area contributed by atoms with Gasteiger partial charge in [0.15, 0.2) is 0 Å². The predicted molar refractivity (Wildman–Crippen MR) is 95.3 cm³/mol. The molecule has 0 nitrogen and oxygen atoms in total. The van der Waals surface area contributed by atoms with Gasteiger partial charge in [0, 0.05) is 40.4 Å². The summed E-state index contributed by atoms with van der Waals surface area (Å²) in [5.41, 5.74) is 1.37. The summed E-state index contributed by atoms with van der Waals surface area (Å²) in [4.78, 5) is 0. The fourth-order valence-corrected chi connectivity index (χ4v) is 1.58. The van der Waals surface area contributed by atoms with Gasteiger partial charge in [-0.2, -0.15) is 13.3 Å². The van der Waals surface area contributed by atoms with Gasteiger partial charge in [-0.25, -0.2) is 0 Å². The molecule has 20 heavy (non-hydrogen) atoms. The Hall–Kier alpha value is 0.818. The SMILES string of the molecule is C=C/C(=C\C)CCC(C[CH2-])CCC.CC.CC.[CH2-]C.[Sm]. The van der Waals surface area contributed by atoms with Crippen molar-refractivity contribution in [1.82, 2.24) is 0 Å². The monoisotopic (exact) mass is 420 g/mol. The van der Waals surface area contributed by atoms with Crippen LogP contribution in [0.25, 0.3) is 0 Å². The number of hydrogen-bond acceptors (Lipinski definition) is 0. The topological polar surface area (TPSA) is 0 Å². The van der Waals surface area contributed by atoms with Crippen LogP contribution in [0, 0.1) is 60.2 Å². The maximum atomic E-state index is 3.99. The van der Waals surface area contributed by atoms with E-state index in [9.17, 15) is 0 Å². The third-order valence-electron chi connectivity index (χ3n) is 2.58. The summed E-state index contributed by atoms with van der Waals surface area (Å²) in [5.74, 6) is 0.805. The zero-order valence-electron chi connectivity index (χ0n) is 15.3. The first-order chi connectivity index (χ1) is 9.28. The van der Waals surface area contributed by atoms with Crippen molar-refractivity contribution >= 4 is 0 Å². The van der Waals surface area contributed by atoms with Crippen LogP contribution in [-0.2, 0) is 0 Å². The minimum absolute atomic E-state index is 0. The standard InChI is InChI=1S/C13H23.2C2H6.C2H5.Sm/c1-5-9-13(8-4)11-10-12(6-2)7-3;3*1-2;/h6-7,13H,2,4-5,8-11H2,1,3H3;2*1-2H3;1H2,2H3;/q-1;;;-1;/b12-7+;;;;. The molecule has 0 aliphatic heterocycles. The largest absolute Gasteiger partial charge is 0.346 e. The first-order valence-electron chi connectivity index (χ1n) is 8.06. The molecule has 0 aromatic carbocycles. The first kappa shape index (κ1) is 32.7. The van der Waals surface area contributed by atoms with Crippen LogP contribution >= 0.6 is 0 Å². The minimum Gasteiger partial charge on any atom is -0.346 e. The molecule has 1 heteroatoms. The summed E-state index contributed by atoms with van der Waals surface area (Å²) in [6.45, 7) is 25.1. The average molecular weight is 419 g/mol. The van der Waals surface area contributed by atoms with Crippen molar-refractivity contribution in [3.8, 4) is 0 Å². The summed E-state index contributed by atoms with van der Waals surface area (Å²) in [7, 11) is 0. The molecule has 0 aromatic heterocycles. The summed E-state index contributed by atoms with van der Waals surface area (Å²) in [6, 6.07) is 0. The van der Waals surface area contributed by atoms with Gasteiger partial charge in [0.05, 0.1) is 0 Å². The Kier molecular flexibility index (Phi) is 60.1. The maximum Gasteiger partial charge on any atom is 0 e. The predicted octanol–water partition coefficient (Wildman–Crippen LogP) is 7.43. The van der Waals surface area contributed by atoms with E-state index in [0.717, 1.165) is 12.3 Å². The van der Waals surface area contributed by atoms with Crippen LogP contribution in [0.2, 0.25) is 0 Å². The normalized spacial score (nSPS) is 10.2. The zero-order valence-corrected chi connectivity index (χ0v) is 17.9. The van der Waals surface area contributed by atoms with Crippen LogP contribution in [0.3, 0.4) is 0 Å². The van der Waals surface area contributed by atoms with Gasteiger partial charge in [0.2, 0.25) is 0 Å². The summed E-state index contributed by atoms with van der Waals surface area (Å²) >= 11 is 0. The second-order valence-electron chi connectivity index (χ2n) is 3.55. The van der Waals surface area contributed by atoms with E-state index in [1.807, 2.05) is 33.8 Å². The second kappa shape index (κ2) is 36.8. The van der Waals surface area contributed by atoms with Gasteiger partial charge in [0.25, 0.3) is 0 Å². The number of rotatable bonds is 7. The fourth-order valence-electron chi connectivity index (χ4n) is 1.58. The molecule has 0 aromatic rings. The molecule has 0 N–H and O–H groups in total. The van der Waals surface area contributed by atoms with Gasteiger partial charge in [-0.1, -0.05) is 77.7 Å². The van der Waals surface area contributed by atoms with Crippen LogP contribution in [0.4, 0.5) is 0 Å².